The van der Waals surface area contributed by atoms with Crippen LogP contribution in [-0.2, 0) is 16.4 Å². The summed E-state index contributed by atoms with van der Waals surface area (Å²) < 4.78 is 26.7. The van der Waals surface area contributed by atoms with Gasteiger partial charge in [0.15, 0.2) is 0 Å². The van der Waals surface area contributed by atoms with Gasteiger partial charge < -0.3 is 10.9 Å². The van der Waals surface area contributed by atoms with Crippen molar-refractivity contribution in [3.63, 3.8) is 0 Å². The fourth-order valence-corrected chi connectivity index (χ4v) is 2.95. The molecule has 0 unspecified atom stereocenters. The first-order chi connectivity index (χ1) is 10.0. The number of halogens is 1. The Bertz CT molecular complexity index is 688. The van der Waals surface area contributed by atoms with Crippen LogP contribution in [0, 0.1) is 0 Å². The Morgan fingerprint density at radius 2 is 1.59 bits per heavy atom. The molecular weight excluding hydrogens is 326 g/mol. The van der Waals surface area contributed by atoms with E-state index in [1.54, 1.807) is 12.1 Å². The van der Waals surface area contributed by atoms with Gasteiger partial charge in [-0.3, -0.25) is 5.84 Å². The SMILES string of the molecule is NNc1ccc(CCNS(=O)(=O)c2ccc(Cl)cc2)cc1.O. The van der Waals surface area contributed by atoms with Crippen molar-refractivity contribution in [1.82, 2.24) is 4.72 Å². The average Bonchev–Trinajstić information content (AvgIpc) is 2.48. The monoisotopic (exact) mass is 343 g/mol. The fraction of sp³-hybridized carbons (Fsp3) is 0.143. The van der Waals surface area contributed by atoms with Crippen LogP contribution in [0.15, 0.2) is 53.4 Å². The zero-order chi connectivity index (χ0) is 15.3. The second-order valence-electron chi connectivity index (χ2n) is 4.44. The largest absolute Gasteiger partial charge is 0.412 e. The molecule has 0 saturated carbocycles. The number of hydrogen-bond acceptors (Lipinski definition) is 4. The maximum absolute atomic E-state index is 12.1. The van der Waals surface area contributed by atoms with E-state index in [4.69, 9.17) is 17.4 Å². The Morgan fingerprint density at radius 3 is 2.14 bits per heavy atom. The highest BCUT2D eigenvalue weighted by atomic mass is 35.5. The number of hydrogen-bond donors (Lipinski definition) is 3. The first-order valence-electron chi connectivity index (χ1n) is 6.32. The standard InChI is InChI=1S/C14H16ClN3O2S.H2O/c15-12-3-7-14(8-4-12)21(19,20)17-10-9-11-1-5-13(18-16)6-2-11;/h1-8,17-18H,9-10,16H2;1H2. The molecule has 0 aliphatic rings. The van der Waals surface area contributed by atoms with Crippen LogP contribution in [-0.4, -0.2) is 20.4 Å². The lowest BCUT2D eigenvalue weighted by molar-refractivity contribution is 0.581. The molecule has 0 aromatic heterocycles. The lowest BCUT2D eigenvalue weighted by Gasteiger charge is -2.07. The molecule has 0 spiro atoms. The van der Waals surface area contributed by atoms with Gasteiger partial charge in [-0.05, 0) is 48.4 Å². The molecule has 0 atom stereocenters. The summed E-state index contributed by atoms with van der Waals surface area (Å²) in [6, 6.07) is 13.5. The number of sulfonamides is 1. The van der Waals surface area contributed by atoms with Crippen molar-refractivity contribution < 1.29 is 13.9 Å². The van der Waals surface area contributed by atoms with Gasteiger partial charge in [-0.2, -0.15) is 0 Å². The van der Waals surface area contributed by atoms with Crippen molar-refractivity contribution in [2.24, 2.45) is 5.84 Å². The Kier molecular flexibility index (Phi) is 6.79. The van der Waals surface area contributed by atoms with Gasteiger partial charge in [0.05, 0.1) is 4.90 Å². The van der Waals surface area contributed by atoms with Crippen molar-refractivity contribution >= 4 is 27.3 Å². The molecule has 6 N–H and O–H groups in total. The van der Waals surface area contributed by atoms with Crippen LogP contribution in [0.4, 0.5) is 5.69 Å². The molecule has 8 heteroatoms. The molecule has 6 nitrogen and oxygen atoms in total. The third kappa shape index (κ3) is 4.97. The lowest BCUT2D eigenvalue weighted by Crippen LogP contribution is -2.25. The van der Waals surface area contributed by atoms with E-state index in [0.29, 0.717) is 18.0 Å². The molecule has 22 heavy (non-hydrogen) atoms. The summed E-state index contributed by atoms with van der Waals surface area (Å²) in [6.45, 7) is 0.320. The zero-order valence-corrected chi connectivity index (χ0v) is 13.3. The highest BCUT2D eigenvalue weighted by Gasteiger charge is 2.12. The van der Waals surface area contributed by atoms with Crippen LogP contribution in [0.3, 0.4) is 0 Å². The molecule has 0 aliphatic carbocycles. The van der Waals surface area contributed by atoms with E-state index in [1.165, 1.54) is 12.1 Å². The van der Waals surface area contributed by atoms with Crippen LogP contribution in [0.2, 0.25) is 5.02 Å². The molecule has 2 aromatic rings. The second kappa shape index (κ2) is 8.11. The first kappa shape index (κ1) is 18.4. The number of anilines is 1. The predicted molar refractivity (Wildman–Crippen MR) is 88.2 cm³/mol. The number of nitrogens with one attached hydrogen (secondary N) is 2. The summed E-state index contributed by atoms with van der Waals surface area (Å²) in [5.41, 5.74) is 4.37. The Hall–Kier alpha value is -1.64. The van der Waals surface area contributed by atoms with Gasteiger partial charge in [-0.1, -0.05) is 23.7 Å². The molecule has 0 heterocycles. The minimum atomic E-state index is -3.50. The van der Waals surface area contributed by atoms with Crippen molar-refractivity contribution in [2.75, 3.05) is 12.0 Å². The van der Waals surface area contributed by atoms with Gasteiger partial charge in [0.2, 0.25) is 10.0 Å². The van der Waals surface area contributed by atoms with E-state index in [0.717, 1.165) is 11.3 Å². The van der Waals surface area contributed by atoms with E-state index < -0.39 is 10.0 Å². The van der Waals surface area contributed by atoms with Crippen LogP contribution >= 0.6 is 11.6 Å². The third-order valence-corrected chi connectivity index (χ3v) is 4.68. The summed E-state index contributed by atoms with van der Waals surface area (Å²) in [5, 5.41) is 0.502. The lowest BCUT2D eigenvalue weighted by atomic mass is 10.1. The summed E-state index contributed by atoms with van der Waals surface area (Å²) in [6.07, 6.45) is 0.595. The summed E-state index contributed by atoms with van der Waals surface area (Å²) in [5.74, 6) is 5.28. The second-order valence-corrected chi connectivity index (χ2v) is 6.65. The highest BCUT2D eigenvalue weighted by Crippen LogP contribution is 2.14. The molecule has 2 aromatic carbocycles. The third-order valence-electron chi connectivity index (χ3n) is 2.95. The predicted octanol–water partition coefficient (Wildman–Crippen LogP) is 1.32. The molecule has 0 aliphatic heterocycles. The molecule has 120 valence electrons. The number of nitrogen functional groups attached to an aromatic ring is 1. The Labute approximate surface area is 134 Å². The van der Waals surface area contributed by atoms with Gasteiger partial charge in [0, 0.05) is 17.3 Å². The van der Waals surface area contributed by atoms with E-state index in [-0.39, 0.29) is 10.4 Å². The van der Waals surface area contributed by atoms with E-state index in [9.17, 15) is 8.42 Å². The van der Waals surface area contributed by atoms with Crippen molar-refractivity contribution in [1.29, 1.82) is 0 Å². The maximum Gasteiger partial charge on any atom is 0.240 e. The molecule has 2 rings (SSSR count). The number of nitrogens with two attached hydrogens (primary N) is 1. The molecule has 0 saturated heterocycles. The van der Waals surface area contributed by atoms with Crippen molar-refractivity contribution in [3.05, 3.63) is 59.1 Å². The smallest absolute Gasteiger partial charge is 0.240 e. The quantitative estimate of drug-likeness (QED) is 0.541. The summed E-state index contributed by atoms with van der Waals surface area (Å²) in [4.78, 5) is 0.203. The van der Waals surface area contributed by atoms with Crippen molar-refractivity contribution in [3.8, 4) is 0 Å². The van der Waals surface area contributed by atoms with Crippen LogP contribution in [0.5, 0.6) is 0 Å². The van der Waals surface area contributed by atoms with E-state index in [1.807, 2.05) is 24.3 Å². The zero-order valence-electron chi connectivity index (χ0n) is 11.7. The van der Waals surface area contributed by atoms with Crippen LogP contribution in [0.1, 0.15) is 5.56 Å². The normalized spacial score (nSPS) is 10.8. The number of hydrazine groups is 1. The number of benzene rings is 2. The van der Waals surface area contributed by atoms with Crippen LogP contribution < -0.4 is 16.0 Å². The van der Waals surface area contributed by atoms with E-state index in [2.05, 4.69) is 10.1 Å². The van der Waals surface area contributed by atoms with Gasteiger partial charge >= 0.3 is 0 Å². The topological polar surface area (TPSA) is 116 Å². The average molecular weight is 344 g/mol. The number of rotatable bonds is 6. The van der Waals surface area contributed by atoms with Crippen LogP contribution in [0.25, 0.3) is 0 Å². The van der Waals surface area contributed by atoms with Gasteiger partial charge in [-0.15, -0.1) is 0 Å². The molecule has 0 fully saturated rings. The Morgan fingerprint density at radius 1 is 1.00 bits per heavy atom. The molecule has 0 radical (unpaired) electrons. The molecular formula is C14H18ClN3O3S. The minimum Gasteiger partial charge on any atom is -0.412 e. The summed E-state index contributed by atoms with van der Waals surface area (Å²) in [7, 11) is -3.50. The Balaban J connectivity index is 0.00000242. The van der Waals surface area contributed by atoms with Gasteiger partial charge in [0.25, 0.3) is 0 Å². The fourth-order valence-electron chi connectivity index (χ4n) is 1.79. The highest BCUT2D eigenvalue weighted by molar-refractivity contribution is 7.89. The van der Waals surface area contributed by atoms with Gasteiger partial charge in [-0.25, -0.2) is 13.1 Å². The first-order valence-corrected chi connectivity index (χ1v) is 8.18. The van der Waals surface area contributed by atoms with Gasteiger partial charge in [0.1, 0.15) is 0 Å². The maximum atomic E-state index is 12.1. The summed E-state index contributed by atoms with van der Waals surface area (Å²) >= 11 is 5.74. The van der Waals surface area contributed by atoms with E-state index >= 15 is 0 Å². The molecule has 0 bridgehead atoms. The molecule has 0 amide bonds. The minimum absolute atomic E-state index is 0. The van der Waals surface area contributed by atoms with Crippen molar-refractivity contribution in [2.45, 2.75) is 11.3 Å².